The minimum absolute atomic E-state index is 0.275. The first-order valence-corrected chi connectivity index (χ1v) is 11.6. The van der Waals surface area contributed by atoms with Crippen LogP contribution in [0.4, 0.5) is 0 Å². The Morgan fingerprint density at radius 3 is 2.71 bits per heavy atom. The van der Waals surface area contributed by atoms with E-state index in [1.165, 1.54) is 17.7 Å². The van der Waals surface area contributed by atoms with Crippen molar-refractivity contribution in [2.45, 2.75) is 62.1 Å². The van der Waals surface area contributed by atoms with Crippen LogP contribution in [0.1, 0.15) is 46.0 Å². The summed E-state index contributed by atoms with van der Waals surface area (Å²) in [7, 11) is 0. The number of carbonyl (C=O) groups excluding carboxylic acids is 1. The van der Waals surface area contributed by atoms with Gasteiger partial charge in [-0.05, 0) is 38.3 Å². The van der Waals surface area contributed by atoms with Crippen LogP contribution < -0.4 is 10.6 Å². The number of guanidine groups is 1. The first kappa shape index (κ1) is 21.0. The molecule has 1 aromatic rings. The third kappa shape index (κ3) is 6.16. The van der Waals surface area contributed by atoms with E-state index >= 15 is 0 Å². The lowest BCUT2D eigenvalue weighted by Crippen LogP contribution is -2.45. The number of nitrogens with zero attached hydrogens (tertiary/aromatic N) is 2. The van der Waals surface area contributed by atoms with Gasteiger partial charge in [0.1, 0.15) is 0 Å². The molecule has 2 atom stereocenters. The van der Waals surface area contributed by atoms with E-state index in [2.05, 4.69) is 53.6 Å². The first-order chi connectivity index (χ1) is 13.7. The Morgan fingerprint density at radius 1 is 1.25 bits per heavy atom. The zero-order valence-electron chi connectivity index (χ0n) is 17.2. The highest BCUT2D eigenvalue weighted by molar-refractivity contribution is 8.00. The van der Waals surface area contributed by atoms with Gasteiger partial charge in [-0.1, -0.05) is 38.0 Å². The summed E-state index contributed by atoms with van der Waals surface area (Å²) in [4.78, 5) is 20.8. The summed E-state index contributed by atoms with van der Waals surface area (Å²) < 4.78 is 0. The molecule has 0 radical (unpaired) electrons. The van der Waals surface area contributed by atoms with Crippen molar-refractivity contribution < 1.29 is 4.79 Å². The van der Waals surface area contributed by atoms with E-state index in [-0.39, 0.29) is 5.92 Å². The molecule has 5 nitrogen and oxygen atoms in total. The molecule has 2 fully saturated rings. The van der Waals surface area contributed by atoms with Crippen molar-refractivity contribution in [3.63, 3.8) is 0 Å². The number of hydrogen-bond acceptors (Lipinski definition) is 3. The number of benzene rings is 1. The summed E-state index contributed by atoms with van der Waals surface area (Å²) in [5, 5.41) is 7.31. The minimum atomic E-state index is 0.275. The Kier molecular flexibility index (Phi) is 8.07. The van der Waals surface area contributed by atoms with Crippen LogP contribution in [0.5, 0.6) is 0 Å². The number of amides is 1. The maximum atomic E-state index is 12.6. The first-order valence-electron chi connectivity index (χ1n) is 10.7. The van der Waals surface area contributed by atoms with E-state index in [0.717, 1.165) is 51.4 Å². The van der Waals surface area contributed by atoms with Gasteiger partial charge in [0, 0.05) is 41.7 Å². The predicted octanol–water partition coefficient (Wildman–Crippen LogP) is 3.51. The van der Waals surface area contributed by atoms with Crippen molar-refractivity contribution in [2.24, 2.45) is 10.9 Å². The van der Waals surface area contributed by atoms with Gasteiger partial charge < -0.3 is 15.5 Å². The van der Waals surface area contributed by atoms with Crippen LogP contribution in [0.2, 0.25) is 0 Å². The summed E-state index contributed by atoms with van der Waals surface area (Å²) in [5.41, 5.74) is 0. The number of likely N-dealkylation sites (tertiary alicyclic amines) is 1. The molecule has 2 N–H and O–H groups in total. The average Bonchev–Trinajstić information content (AvgIpc) is 3.39. The molecule has 154 valence electrons. The minimum Gasteiger partial charge on any atom is -0.357 e. The van der Waals surface area contributed by atoms with Crippen molar-refractivity contribution in [1.29, 1.82) is 0 Å². The van der Waals surface area contributed by atoms with Crippen molar-refractivity contribution in [1.82, 2.24) is 15.5 Å². The summed E-state index contributed by atoms with van der Waals surface area (Å²) in [6, 6.07) is 10.8. The molecule has 1 aliphatic heterocycles. The van der Waals surface area contributed by atoms with E-state index in [4.69, 9.17) is 4.99 Å². The molecule has 6 heteroatoms. The molecule has 1 saturated carbocycles. The molecule has 2 aliphatic rings. The maximum absolute atomic E-state index is 12.6. The van der Waals surface area contributed by atoms with Crippen LogP contribution in [0.3, 0.4) is 0 Å². The lowest BCUT2D eigenvalue weighted by atomic mass is 10.1. The van der Waals surface area contributed by atoms with E-state index < -0.39 is 0 Å². The average molecular weight is 403 g/mol. The van der Waals surface area contributed by atoms with Crippen molar-refractivity contribution in [2.75, 3.05) is 26.2 Å². The van der Waals surface area contributed by atoms with Gasteiger partial charge in [-0.2, -0.15) is 0 Å². The highest BCUT2D eigenvalue weighted by atomic mass is 32.2. The van der Waals surface area contributed by atoms with Gasteiger partial charge in [-0.25, -0.2) is 0 Å². The third-order valence-corrected chi connectivity index (χ3v) is 6.57. The Labute approximate surface area is 173 Å². The predicted molar refractivity (Wildman–Crippen MR) is 118 cm³/mol. The summed E-state index contributed by atoms with van der Waals surface area (Å²) in [6.07, 6.45) is 5.57. The molecule has 3 rings (SSSR count). The fourth-order valence-electron chi connectivity index (χ4n) is 4.01. The number of nitrogens with one attached hydrogen (secondary N) is 2. The Balaban J connectivity index is 1.48. The fourth-order valence-corrected chi connectivity index (χ4v) is 4.94. The molecule has 2 unspecified atom stereocenters. The standard InChI is InChI=1S/C22H34N4OS/c1-3-23-22(24-15-17(2)28-20-11-5-4-6-12-20)25-19-13-14-26(16-19)21(27)18-9-7-8-10-18/h4-6,11-12,17-19H,3,7-10,13-16H2,1-2H3,(H2,23,24,25). The summed E-state index contributed by atoms with van der Waals surface area (Å²) in [5.74, 6) is 1.51. The van der Waals surface area contributed by atoms with Crippen LogP contribution in [0, 0.1) is 5.92 Å². The zero-order chi connectivity index (χ0) is 19.8. The monoisotopic (exact) mass is 402 g/mol. The second-order valence-corrected chi connectivity index (χ2v) is 9.37. The number of rotatable bonds is 7. The lowest BCUT2D eigenvalue weighted by Gasteiger charge is -2.21. The van der Waals surface area contributed by atoms with Gasteiger partial charge >= 0.3 is 0 Å². The second-order valence-electron chi connectivity index (χ2n) is 7.86. The van der Waals surface area contributed by atoms with E-state index in [1.54, 1.807) is 0 Å². The topological polar surface area (TPSA) is 56.7 Å². The van der Waals surface area contributed by atoms with E-state index in [1.807, 2.05) is 17.8 Å². The molecule has 1 saturated heterocycles. The van der Waals surface area contributed by atoms with Gasteiger partial charge in [0.15, 0.2) is 5.96 Å². The third-order valence-electron chi connectivity index (χ3n) is 5.48. The Hall–Kier alpha value is -1.69. The molecule has 0 aromatic heterocycles. The van der Waals surface area contributed by atoms with Crippen LogP contribution in [-0.4, -0.2) is 54.2 Å². The Morgan fingerprint density at radius 2 is 2.00 bits per heavy atom. The molecule has 0 spiro atoms. The zero-order valence-corrected chi connectivity index (χ0v) is 18.0. The summed E-state index contributed by atoms with van der Waals surface area (Å²) in [6.45, 7) is 7.56. The quantitative estimate of drug-likeness (QED) is 0.416. The number of carbonyl (C=O) groups is 1. The normalized spacial score (nSPS) is 21.7. The molecule has 0 bridgehead atoms. The maximum Gasteiger partial charge on any atom is 0.225 e. The fraction of sp³-hybridized carbons (Fsp3) is 0.636. The molecular weight excluding hydrogens is 368 g/mol. The Bertz CT molecular complexity index is 645. The molecular formula is C22H34N4OS. The van der Waals surface area contributed by atoms with Gasteiger partial charge in [0.05, 0.1) is 6.54 Å². The second kappa shape index (κ2) is 10.7. The van der Waals surface area contributed by atoms with Crippen LogP contribution in [0.25, 0.3) is 0 Å². The SMILES string of the molecule is CCNC(=NCC(C)Sc1ccccc1)NC1CCN(C(=O)C2CCCC2)C1. The van der Waals surface area contributed by atoms with Crippen molar-refractivity contribution in [3.05, 3.63) is 30.3 Å². The highest BCUT2D eigenvalue weighted by Gasteiger charge is 2.32. The van der Waals surface area contributed by atoms with Gasteiger partial charge in [0.25, 0.3) is 0 Å². The molecule has 1 heterocycles. The molecule has 1 aromatic carbocycles. The smallest absolute Gasteiger partial charge is 0.225 e. The number of aliphatic imine (C=N–C) groups is 1. The van der Waals surface area contributed by atoms with Crippen LogP contribution in [0.15, 0.2) is 40.2 Å². The van der Waals surface area contributed by atoms with E-state index in [0.29, 0.717) is 17.2 Å². The van der Waals surface area contributed by atoms with Gasteiger partial charge in [-0.3, -0.25) is 9.79 Å². The molecule has 1 amide bonds. The number of hydrogen-bond donors (Lipinski definition) is 2. The van der Waals surface area contributed by atoms with Crippen molar-refractivity contribution >= 4 is 23.6 Å². The largest absolute Gasteiger partial charge is 0.357 e. The molecule has 1 aliphatic carbocycles. The highest BCUT2D eigenvalue weighted by Crippen LogP contribution is 2.28. The van der Waals surface area contributed by atoms with Crippen molar-refractivity contribution in [3.8, 4) is 0 Å². The van der Waals surface area contributed by atoms with Crippen LogP contribution in [-0.2, 0) is 4.79 Å². The lowest BCUT2D eigenvalue weighted by molar-refractivity contribution is -0.134. The van der Waals surface area contributed by atoms with Gasteiger partial charge in [-0.15, -0.1) is 11.8 Å². The molecule has 28 heavy (non-hydrogen) atoms. The van der Waals surface area contributed by atoms with E-state index in [9.17, 15) is 4.79 Å². The van der Waals surface area contributed by atoms with Crippen LogP contribution >= 0.6 is 11.8 Å². The number of thioether (sulfide) groups is 1. The van der Waals surface area contributed by atoms with Gasteiger partial charge in [0.2, 0.25) is 5.91 Å². The summed E-state index contributed by atoms with van der Waals surface area (Å²) >= 11 is 1.85.